The lowest BCUT2D eigenvalue weighted by Crippen LogP contribution is -2.36. The van der Waals surface area contributed by atoms with E-state index in [9.17, 15) is 4.79 Å². The molecule has 0 saturated carbocycles. The quantitative estimate of drug-likeness (QED) is 0.799. The lowest BCUT2D eigenvalue weighted by atomic mass is 10.1. The third kappa shape index (κ3) is 3.04. The van der Waals surface area contributed by atoms with E-state index in [0.717, 1.165) is 17.0 Å². The molecule has 1 N–H and O–H groups in total. The summed E-state index contributed by atoms with van der Waals surface area (Å²) in [6.45, 7) is 1.00. The Morgan fingerprint density at radius 3 is 2.96 bits per heavy atom. The van der Waals surface area contributed by atoms with Gasteiger partial charge in [-0.05, 0) is 11.6 Å². The van der Waals surface area contributed by atoms with Gasteiger partial charge in [-0.2, -0.15) is 5.26 Å². The second-order valence-corrected chi connectivity index (χ2v) is 6.03. The highest BCUT2D eigenvalue weighted by Gasteiger charge is 2.26. The molecular formula is C19H16N4O2. The standard InChI is InChI=1S/C19H16N4O2/c20-10-14-8-15(21-11-14)19(24)23-7-6-17-16(12-23)22-18(25-17)9-13-4-2-1-3-5-13/h1-5,8,11,21H,6-7,9,12H2. The number of hydrogen-bond acceptors (Lipinski definition) is 4. The van der Waals surface area contributed by atoms with Crippen LogP contribution in [-0.2, 0) is 19.4 Å². The number of amides is 1. The highest BCUT2D eigenvalue weighted by molar-refractivity contribution is 5.93. The van der Waals surface area contributed by atoms with Gasteiger partial charge in [0.25, 0.3) is 5.91 Å². The van der Waals surface area contributed by atoms with Gasteiger partial charge in [0.05, 0.1) is 12.1 Å². The minimum Gasteiger partial charge on any atom is -0.445 e. The molecule has 1 aliphatic heterocycles. The molecule has 0 unspecified atom stereocenters. The zero-order valence-corrected chi connectivity index (χ0v) is 13.5. The number of H-pyrrole nitrogens is 1. The van der Waals surface area contributed by atoms with Crippen LogP contribution < -0.4 is 0 Å². The molecule has 0 bridgehead atoms. The SMILES string of the molecule is N#Cc1c[nH]c(C(=O)N2CCc3oc(Cc4ccccc4)nc3C2)c1. The zero-order valence-electron chi connectivity index (χ0n) is 13.5. The van der Waals surface area contributed by atoms with Crippen molar-refractivity contribution in [2.24, 2.45) is 0 Å². The molecule has 0 spiro atoms. The number of hydrogen-bond donors (Lipinski definition) is 1. The van der Waals surface area contributed by atoms with Crippen molar-refractivity contribution in [1.29, 1.82) is 5.26 Å². The number of nitrogens with one attached hydrogen (secondary N) is 1. The summed E-state index contributed by atoms with van der Waals surface area (Å²) in [6, 6.07) is 13.6. The fraction of sp³-hybridized carbons (Fsp3) is 0.211. The second kappa shape index (κ2) is 6.29. The largest absolute Gasteiger partial charge is 0.445 e. The van der Waals surface area contributed by atoms with Crippen molar-refractivity contribution in [2.75, 3.05) is 6.54 Å². The Morgan fingerprint density at radius 2 is 2.20 bits per heavy atom. The molecule has 25 heavy (non-hydrogen) atoms. The predicted octanol–water partition coefficient (Wildman–Crippen LogP) is 2.66. The number of aromatic amines is 1. The molecule has 0 saturated heterocycles. The monoisotopic (exact) mass is 332 g/mol. The summed E-state index contributed by atoms with van der Waals surface area (Å²) in [5, 5.41) is 8.88. The highest BCUT2D eigenvalue weighted by atomic mass is 16.4. The van der Waals surface area contributed by atoms with E-state index in [-0.39, 0.29) is 5.91 Å². The van der Waals surface area contributed by atoms with Gasteiger partial charge in [-0.3, -0.25) is 4.79 Å². The molecule has 0 atom stereocenters. The van der Waals surface area contributed by atoms with E-state index in [1.165, 1.54) is 6.20 Å². The van der Waals surface area contributed by atoms with E-state index >= 15 is 0 Å². The number of nitriles is 1. The molecule has 3 aromatic rings. The smallest absolute Gasteiger partial charge is 0.270 e. The summed E-state index contributed by atoms with van der Waals surface area (Å²) in [4.78, 5) is 21.7. The molecule has 6 heteroatoms. The summed E-state index contributed by atoms with van der Waals surface area (Å²) in [5.74, 6) is 1.41. The van der Waals surface area contributed by atoms with Crippen molar-refractivity contribution in [2.45, 2.75) is 19.4 Å². The third-order valence-electron chi connectivity index (χ3n) is 4.30. The zero-order chi connectivity index (χ0) is 17.2. The average molecular weight is 332 g/mol. The van der Waals surface area contributed by atoms with Gasteiger partial charge in [0.1, 0.15) is 23.2 Å². The molecule has 0 aliphatic carbocycles. The van der Waals surface area contributed by atoms with Crippen molar-refractivity contribution >= 4 is 5.91 Å². The first-order valence-corrected chi connectivity index (χ1v) is 8.12. The van der Waals surface area contributed by atoms with Crippen molar-refractivity contribution in [3.8, 4) is 6.07 Å². The van der Waals surface area contributed by atoms with Gasteiger partial charge >= 0.3 is 0 Å². The Balaban J connectivity index is 1.49. The van der Waals surface area contributed by atoms with Crippen molar-refractivity contribution in [1.82, 2.24) is 14.9 Å². The van der Waals surface area contributed by atoms with Crippen LogP contribution in [0.3, 0.4) is 0 Å². The Hall–Kier alpha value is -3.33. The molecule has 0 radical (unpaired) electrons. The van der Waals surface area contributed by atoms with Crippen LogP contribution in [0.5, 0.6) is 0 Å². The number of carbonyl (C=O) groups excluding carboxylic acids is 1. The molecule has 4 rings (SSSR count). The maximum atomic E-state index is 12.6. The van der Waals surface area contributed by atoms with Gasteiger partial charge in [-0.25, -0.2) is 4.98 Å². The molecule has 1 aliphatic rings. The minimum atomic E-state index is -0.125. The second-order valence-electron chi connectivity index (χ2n) is 6.03. The first kappa shape index (κ1) is 15.2. The summed E-state index contributed by atoms with van der Waals surface area (Å²) < 4.78 is 5.87. The van der Waals surface area contributed by atoms with E-state index in [1.54, 1.807) is 11.0 Å². The minimum absolute atomic E-state index is 0.125. The van der Waals surface area contributed by atoms with Gasteiger partial charge in [-0.15, -0.1) is 0 Å². The summed E-state index contributed by atoms with van der Waals surface area (Å²) in [5.41, 5.74) is 2.84. The Bertz CT molecular complexity index is 949. The highest BCUT2D eigenvalue weighted by Crippen LogP contribution is 2.22. The maximum absolute atomic E-state index is 12.6. The molecular weight excluding hydrogens is 316 g/mol. The topological polar surface area (TPSA) is 85.9 Å². The number of benzene rings is 1. The molecule has 0 fully saturated rings. The van der Waals surface area contributed by atoms with E-state index in [2.05, 4.69) is 9.97 Å². The Morgan fingerprint density at radius 1 is 1.36 bits per heavy atom. The Labute approximate surface area is 144 Å². The number of nitrogens with zero attached hydrogens (tertiary/aromatic N) is 3. The number of aromatic nitrogens is 2. The van der Waals surface area contributed by atoms with Crippen LogP contribution >= 0.6 is 0 Å². The summed E-state index contributed by atoms with van der Waals surface area (Å²) >= 11 is 0. The Kier molecular flexibility index (Phi) is 3.82. The first-order chi connectivity index (χ1) is 12.2. The molecule has 124 valence electrons. The molecule has 3 heterocycles. The van der Waals surface area contributed by atoms with Crippen LogP contribution in [0.1, 0.15) is 39.0 Å². The normalized spacial score (nSPS) is 13.3. The van der Waals surface area contributed by atoms with Gasteiger partial charge in [-0.1, -0.05) is 30.3 Å². The predicted molar refractivity (Wildman–Crippen MR) is 89.7 cm³/mol. The van der Waals surface area contributed by atoms with Crippen LogP contribution in [0.25, 0.3) is 0 Å². The van der Waals surface area contributed by atoms with Crippen LogP contribution in [0.4, 0.5) is 0 Å². The van der Waals surface area contributed by atoms with Crippen LogP contribution in [0.15, 0.2) is 47.0 Å². The van der Waals surface area contributed by atoms with E-state index in [0.29, 0.717) is 43.1 Å². The van der Waals surface area contributed by atoms with Crippen molar-refractivity contribution in [3.05, 3.63) is 76.8 Å². The van der Waals surface area contributed by atoms with Crippen LogP contribution in [-0.4, -0.2) is 27.3 Å². The molecule has 6 nitrogen and oxygen atoms in total. The summed E-state index contributed by atoms with van der Waals surface area (Å²) in [6.07, 6.45) is 2.83. The lowest BCUT2D eigenvalue weighted by Gasteiger charge is -2.24. The lowest BCUT2D eigenvalue weighted by molar-refractivity contribution is 0.0722. The van der Waals surface area contributed by atoms with Gasteiger partial charge in [0, 0.05) is 25.6 Å². The van der Waals surface area contributed by atoms with Crippen LogP contribution in [0, 0.1) is 11.3 Å². The number of rotatable bonds is 3. The van der Waals surface area contributed by atoms with Gasteiger partial charge < -0.3 is 14.3 Å². The fourth-order valence-corrected chi connectivity index (χ4v) is 3.02. The number of fused-ring (bicyclic) bond motifs is 1. The van der Waals surface area contributed by atoms with Crippen LogP contribution in [0.2, 0.25) is 0 Å². The van der Waals surface area contributed by atoms with E-state index in [4.69, 9.17) is 9.68 Å². The number of carbonyl (C=O) groups is 1. The third-order valence-corrected chi connectivity index (χ3v) is 4.30. The number of oxazole rings is 1. The van der Waals surface area contributed by atoms with Gasteiger partial charge in [0.2, 0.25) is 0 Å². The maximum Gasteiger partial charge on any atom is 0.270 e. The first-order valence-electron chi connectivity index (χ1n) is 8.12. The fourth-order valence-electron chi connectivity index (χ4n) is 3.02. The van der Waals surface area contributed by atoms with Crippen molar-refractivity contribution in [3.63, 3.8) is 0 Å². The average Bonchev–Trinajstić information content (AvgIpc) is 3.27. The van der Waals surface area contributed by atoms with E-state index in [1.807, 2.05) is 36.4 Å². The molecule has 2 aromatic heterocycles. The van der Waals surface area contributed by atoms with Gasteiger partial charge in [0.15, 0.2) is 5.89 Å². The molecule has 1 aromatic carbocycles. The summed E-state index contributed by atoms with van der Waals surface area (Å²) in [7, 11) is 0. The molecule has 1 amide bonds. The van der Waals surface area contributed by atoms with E-state index < -0.39 is 0 Å². The van der Waals surface area contributed by atoms with Crippen molar-refractivity contribution < 1.29 is 9.21 Å².